The number of carbonyl (C=O) groups excluding carboxylic acids is 1. The van der Waals surface area contributed by atoms with Crippen molar-refractivity contribution in [1.29, 1.82) is 0 Å². The summed E-state index contributed by atoms with van der Waals surface area (Å²) < 4.78 is 0. The molecule has 23 valence electrons. The van der Waals surface area contributed by atoms with Crippen molar-refractivity contribution < 1.29 is 4.79 Å². The van der Waals surface area contributed by atoms with Gasteiger partial charge in [0.15, 0.2) is 0 Å². The SMILES string of the molecule is NC(=O)[Se]. The van der Waals surface area contributed by atoms with E-state index in [4.69, 9.17) is 4.79 Å². The molecule has 0 fully saturated rings. The fourth-order valence-corrected chi connectivity index (χ4v) is 0. The first kappa shape index (κ1) is 3.99. The summed E-state index contributed by atoms with van der Waals surface area (Å²) in [5, 5.41) is 0. The van der Waals surface area contributed by atoms with Gasteiger partial charge in [-0.3, -0.25) is 0 Å². The second-order valence-corrected chi connectivity index (χ2v) is 1.16. The Balaban J connectivity index is 2.80. The minimum absolute atomic E-state index is 0.458. The Bertz CT molecular complexity index is 31.0. The number of amides is 1. The molecule has 0 spiro atoms. The van der Waals surface area contributed by atoms with Crippen LogP contribution in [0.4, 0.5) is 4.79 Å². The van der Waals surface area contributed by atoms with Crippen LogP contribution in [0.1, 0.15) is 0 Å². The zero-order valence-corrected chi connectivity index (χ0v) is 3.61. The fraction of sp³-hybridized carbons (Fsp3) is 0. The second kappa shape index (κ2) is 1.32. The molecule has 1 amide bonds. The Morgan fingerprint density at radius 2 is 2.00 bits per heavy atom. The van der Waals surface area contributed by atoms with E-state index < -0.39 is 4.81 Å². The standard InChI is InChI=1S/CH2NOSe/c2-1(3)4/h(H2,2,3). The third-order valence-electron chi connectivity index (χ3n) is 0. The van der Waals surface area contributed by atoms with Gasteiger partial charge in [0, 0.05) is 0 Å². The van der Waals surface area contributed by atoms with Crippen LogP contribution in [-0.2, 0) is 0 Å². The van der Waals surface area contributed by atoms with Crippen LogP contribution in [0.15, 0.2) is 0 Å². The number of primary amides is 1. The van der Waals surface area contributed by atoms with Crippen molar-refractivity contribution in [3.8, 4) is 0 Å². The molecule has 0 aliphatic heterocycles. The van der Waals surface area contributed by atoms with Gasteiger partial charge in [0.25, 0.3) is 0 Å². The molecule has 0 unspecified atom stereocenters. The van der Waals surface area contributed by atoms with Gasteiger partial charge in [-0.1, -0.05) is 0 Å². The van der Waals surface area contributed by atoms with Gasteiger partial charge in [0.2, 0.25) is 0 Å². The first-order valence-corrected chi connectivity index (χ1v) is 1.55. The van der Waals surface area contributed by atoms with Gasteiger partial charge in [-0.25, -0.2) is 0 Å². The number of rotatable bonds is 0. The molecule has 0 rings (SSSR count). The van der Waals surface area contributed by atoms with E-state index in [1.807, 2.05) is 16.0 Å². The fourth-order valence-electron chi connectivity index (χ4n) is 0. The Morgan fingerprint density at radius 3 is 2.00 bits per heavy atom. The molecule has 4 heavy (non-hydrogen) atoms. The second-order valence-electron chi connectivity index (χ2n) is 0.319. The van der Waals surface area contributed by atoms with E-state index >= 15 is 0 Å². The first-order valence-electron chi connectivity index (χ1n) is 0.697. The Labute approximate surface area is 32.2 Å². The van der Waals surface area contributed by atoms with Crippen molar-refractivity contribution in [3.63, 3.8) is 0 Å². The summed E-state index contributed by atoms with van der Waals surface area (Å²) in [5.74, 6) is 0. The zero-order valence-electron chi connectivity index (χ0n) is 1.89. The van der Waals surface area contributed by atoms with Crippen LogP contribution in [-0.4, -0.2) is 20.8 Å². The summed E-state index contributed by atoms with van der Waals surface area (Å²) in [4.78, 5) is 8.71. The van der Waals surface area contributed by atoms with Gasteiger partial charge in [-0.2, -0.15) is 0 Å². The maximum absolute atomic E-state index is 9.17. The van der Waals surface area contributed by atoms with E-state index in [9.17, 15) is 0 Å². The zero-order chi connectivity index (χ0) is 3.58. The molecule has 0 bridgehead atoms. The normalized spacial score (nSPS) is 6.00. The van der Waals surface area contributed by atoms with Gasteiger partial charge < -0.3 is 0 Å². The molecule has 2 nitrogen and oxygen atoms in total. The van der Waals surface area contributed by atoms with E-state index in [0.717, 1.165) is 0 Å². The van der Waals surface area contributed by atoms with Gasteiger partial charge >= 0.3 is 31.3 Å². The van der Waals surface area contributed by atoms with Crippen molar-refractivity contribution in [2.45, 2.75) is 0 Å². The van der Waals surface area contributed by atoms with Crippen molar-refractivity contribution >= 4 is 20.8 Å². The number of hydrogen-bond donors (Lipinski definition) is 1. The van der Waals surface area contributed by atoms with Crippen LogP contribution in [0, 0.1) is 0 Å². The summed E-state index contributed by atoms with van der Waals surface area (Å²) in [6.45, 7) is 0. The molecule has 0 aromatic carbocycles. The van der Waals surface area contributed by atoms with Crippen molar-refractivity contribution in [2.24, 2.45) is 5.73 Å². The van der Waals surface area contributed by atoms with Gasteiger partial charge in [-0.15, -0.1) is 0 Å². The number of nitrogens with two attached hydrogens (primary N) is 1. The number of hydrogen-bond acceptors (Lipinski definition) is 1. The molecular weight excluding hydrogens is 121 g/mol. The average molecular weight is 123 g/mol. The molecule has 0 aromatic rings. The quantitative estimate of drug-likeness (QED) is 0.422. The summed E-state index contributed by atoms with van der Waals surface area (Å²) in [7, 11) is 0. The van der Waals surface area contributed by atoms with Crippen LogP contribution in [0.2, 0.25) is 0 Å². The maximum atomic E-state index is 9.17. The molecule has 0 aliphatic rings. The van der Waals surface area contributed by atoms with E-state index in [1.165, 1.54) is 0 Å². The van der Waals surface area contributed by atoms with Crippen LogP contribution < -0.4 is 5.73 Å². The predicted octanol–water partition coefficient (Wildman–Crippen LogP) is -0.766. The van der Waals surface area contributed by atoms with Crippen molar-refractivity contribution in [3.05, 3.63) is 0 Å². The van der Waals surface area contributed by atoms with E-state index in [1.54, 1.807) is 0 Å². The molecule has 3 heteroatoms. The van der Waals surface area contributed by atoms with Crippen LogP contribution in [0.25, 0.3) is 0 Å². The number of carbonyl (C=O) groups is 1. The van der Waals surface area contributed by atoms with Crippen LogP contribution in [0.5, 0.6) is 0 Å². The third-order valence-corrected chi connectivity index (χ3v) is 0. The van der Waals surface area contributed by atoms with Gasteiger partial charge in [0.05, 0.1) is 0 Å². The Kier molecular flexibility index (Phi) is 1.32. The average Bonchev–Trinajstić information content (AvgIpc) is 0.811. The topological polar surface area (TPSA) is 43.1 Å². The molecular formula is CH2NOSe. The molecule has 0 aliphatic carbocycles. The van der Waals surface area contributed by atoms with E-state index in [0.29, 0.717) is 0 Å². The minimum atomic E-state index is -0.458. The monoisotopic (exact) mass is 124 g/mol. The predicted molar refractivity (Wildman–Crippen MR) is 15.3 cm³/mol. The molecule has 0 heterocycles. The van der Waals surface area contributed by atoms with Crippen LogP contribution >= 0.6 is 0 Å². The third kappa shape index (κ3) is 17600. The summed E-state index contributed by atoms with van der Waals surface area (Å²) in [6.07, 6.45) is 0. The van der Waals surface area contributed by atoms with Crippen molar-refractivity contribution in [1.82, 2.24) is 0 Å². The van der Waals surface area contributed by atoms with Crippen LogP contribution in [0.3, 0.4) is 0 Å². The molecule has 0 saturated carbocycles. The summed E-state index contributed by atoms with van der Waals surface area (Å²) in [5.41, 5.74) is 4.42. The summed E-state index contributed by atoms with van der Waals surface area (Å²) in [6, 6.07) is 0. The first-order chi connectivity index (χ1) is 1.73. The van der Waals surface area contributed by atoms with Crippen molar-refractivity contribution in [2.75, 3.05) is 0 Å². The summed E-state index contributed by atoms with van der Waals surface area (Å²) >= 11 is 2.04. The molecule has 2 N–H and O–H groups in total. The molecule has 1 radical (unpaired) electrons. The van der Waals surface area contributed by atoms with Gasteiger partial charge in [-0.05, 0) is 0 Å². The van der Waals surface area contributed by atoms with Gasteiger partial charge in [0.1, 0.15) is 0 Å². The molecule has 0 aromatic heterocycles. The molecule has 0 atom stereocenters. The Hall–Kier alpha value is -0.0105. The van der Waals surface area contributed by atoms with E-state index in [2.05, 4.69) is 5.73 Å². The molecule has 0 saturated heterocycles. The Morgan fingerprint density at radius 1 is 2.00 bits per heavy atom. The van der Waals surface area contributed by atoms with E-state index in [-0.39, 0.29) is 0 Å².